The van der Waals surface area contributed by atoms with E-state index in [1.807, 2.05) is 0 Å². The Balaban J connectivity index is 1.91. The lowest BCUT2D eigenvalue weighted by Crippen LogP contribution is -2.41. The van der Waals surface area contributed by atoms with Crippen LogP contribution in [0.5, 0.6) is 5.75 Å². The molecule has 2 aromatic carbocycles. The van der Waals surface area contributed by atoms with Crippen molar-refractivity contribution >= 4 is 5.97 Å². The van der Waals surface area contributed by atoms with E-state index in [0.717, 1.165) is 0 Å². The summed E-state index contributed by atoms with van der Waals surface area (Å²) in [5, 5.41) is 15.2. The molecule has 0 spiro atoms. The first-order chi connectivity index (χ1) is 13.6. The smallest absolute Gasteiger partial charge is 0.456 e. The Morgan fingerprint density at radius 2 is 1.69 bits per heavy atom. The summed E-state index contributed by atoms with van der Waals surface area (Å²) in [4.78, 5) is 11.0. The highest BCUT2D eigenvalue weighted by Gasteiger charge is 2.58. The average molecular weight is 412 g/mol. The number of aromatic carboxylic acids is 1. The number of rotatable bonds is 6. The third kappa shape index (κ3) is 4.36. The van der Waals surface area contributed by atoms with E-state index in [0.29, 0.717) is 22.4 Å². The summed E-state index contributed by atoms with van der Waals surface area (Å²) in [6.45, 7) is -1.85. The molecule has 1 aromatic heterocycles. The summed E-state index contributed by atoms with van der Waals surface area (Å²) in [5.41, 5.74) is 1.48. The first-order valence-electron chi connectivity index (χ1n) is 8.14. The van der Waals surface area contributed by atoms with Crippen LogP contribution < -0.4 is 4.74 Å². The largest absolute Gasteiger partial charge is 0.486 e. The number of carboxylic acid groups (broad SMARTS) is 1. The molecular weight excluding hydrogens is 399 g/mol. The molecule has 0 bridgehead atoms. The maximum atomic E-state index is 13.2. The van der Waals surface area contributed by atoms with Gasteiger partial charge in [0.15, 0.2) is 6.61 Å². The normalized spacial score (nSPS) is 12.0. The van der Waals surface area contributed by atoms with Crippen LogP contribution in [-0.2, 0) is 0 Å². The second-order valence-electron chi connectivity index (χ2n) is 6.04. The van der Waals surface area contributed by atoms with Crippen molar-refractivity contribution in [3.05, 3.63) is 60.3 Å². The maximum absolute atomic E-state index is 13.2. The zero-order valence-electron chi connectivity index (χ0n) is 14.5. The van der Waals surface area contributed by atoms with E-state index in [-0.39, 0.29) is 11.4 Å². The minimum absolute atomic E-state index is 0.122. The van der Waals surface area contributed by atoms with Crippen LogP contribution >= 0.6 is 0 Å². The lowest BCUT2D eigenvalue weighted by atomic mass is 10.0. The SMILES string of the molecule is O=C(O)c1cc(-c2cccc(-c3ccccc3OCC(F)(F)C(F)(F)F)c2)n[nH]1. The number of halogens is 5. The Bertz CT molecular complexity index is 1030. The molecule has 3 aromatic rings. The number of aromatic nitrogens is 2. The number of nitrogens with one attached hydrogen (secondary N) is 1. The van der Waals surface area contributed by atoms with Crippen LogP contribution in [0.2, 0.25) is 0 Å². The third-order valence-electron chi connectivity index (χ3n) is 3.99. The lowest BCUT2D eigenvalue weighted by Gasteiger charge is -2.21. The zero-order chi connectivity index (χ0) is 21.2. The fraction of sp³-hybridized carbons (Fsp3) is 0.158. The fourth-order valence-electron chi connectivity index (χ4n) is 2.51. The van der Waals surface area contributed by atoms with Gasteiger partial charge in [-0.25, -0.2) is 4.79 Å². The van der Waals surface area contributed by atoms with Crippen molar-refractivity contribution < 1.29 is 36.6 Å². The molecule has 2 N–H and O–H groups in total. The van der Waals surface area contributed by atoms with Crippen LogP contribution in [0.25, 0.3) is 22.4 Å². The highest BCUT2D eigenvalue weighted by atomic mass is 19.4. The number of hydrogen-bond acceptors (Lipinski definition) is 3. The van der Waals surface area contributed by atoms with E-state index >= 15 is 0 Å². The monoisotopic (exact) mass is 412 g/mol. The minimum Gasteiger partial charge on any atom is -0.486 e. The van der Waals surface area contributed by atoms with E-state index in [9.17, 15) is 26.7 Å². The Labute approximate surface area is 160 Å². The second-order valence-corrected chi connectivity index (χ2v) is 6.04. The van der Waals surface area contributed by atoms with Gasteiger partial charge in [-0.05, 0) is 23.8 Å². The van der Waals surface area contributed by atoms with Gasteiger partial charge < -0.3 is 9.84 Å². The van der Waals surface area contributed by atoms with Gasteiger partial charge in [0.1, 0.15) is 11.4 Å². The molecule has 0 fully saturated rings. The average Bonchev–Trinajstić information content (AvgIpc) is 3.16. The number of ether oxygens (including phenoxy) is 1. The molecule has 0 radical (unpaired) electrons. The van der Waals surface area contributed by atoms with E-state index in [2.05, 4.69) is 10.2 Å². The van der Waals surface area contributed by atoms with Crippen molar-refractivity contribution in [3.8, 4) is 28.1 Å². The number of hydrogen-bond donors (Lipinski definition) is 2. The summed E-state index contributed by atoms with van der Waals surface area (Å²) >= 11 is 0. The van der Waals surface area contributed by atoms with Gasteiger partial charge in [-0.3, -0.25) is 5.10 Å². The zero-order valence-corrected chi connectivity index (χ0v) is 14.5. The van der Waals surface area contributed by atoms with Gasteiger partial charge in [-0.15, -0.1) is 0 Å². The summed E-state index contributed by atoms with van der Waals surface area (Å²) in [5.74, 6) is -6.34. The molecule has 10 heteroatoms. The van der Waals surface area contributed by atoms with Crippen molar-refractivity contribution in [2.75, 3.05) is 6.61 Å². The van der Waals surface area contributed by atoms with Crippen LogP contribution in [-0.4, -0.2) is 40.0 Å². The number of para-hydroxylation sites is 1. The van der Waals surface area contributed by atoms with Gasteiger partial charge in [0.2, 0.25) is 0 Å². The highest BCUT2D eigenvalue weighted by Crippen LogP contribution is 2.38. The van der Waals surface area contributed by atoms with Crippen molar-refractivity contribution in [3.63, 3.8) is 0 Å². The molecule has 0 aliphatic rings. The minimum atomic E-state index is -5.72. The molecule has 152 valence electrons. The van der Waals surface area contributed by atoms with Crippen molar-refractivity contribution in [1.82, 2.24) is 10.2 Å². The van der Waals surface area contributed by atoms with Crippen LogP contribution in [0.15, 0.2) is 54.6 Å². The number of carboxylic acids is 1. The molecule has 0 amide bonds. The first-order valence-corrected chi connectivity index (χ1v) is 8.14. The van der Waals surface area contributed by atoms with Crippen LogP contribution in [0.3, 0.4) is 0 Å². The third-order valence-corrected chi connectivity index (χ3v) is 3.99. The van der Waals surface area contributed by atoms with Gasteiger partial charge in [0.25, 0.3) is 0 Å². The molecule has 0 aliphatic heterocycles. The predicted molar refractivity (Wildman–Crippen MR) is 92.9 cm³/mol. The fourth-order valence-corrected chi connectivity index (χ4v) is 2.51. The number of benzene rings is 2. The molecule has 29 heavy (non-hydrogen) atoms. The number of aromatic amines is 1. The molecule has 1 heterocycles. The molecule has 0 saturated carbocycles. The molecule has 5 nitrogen and oxygen atoms in total. The van der Waals surface area contributed by atoms with Gasteiger partial charge in [0, 0.05) is 11.1 Å². The maximum Gasteiger partial charge on any atom is 0.456 e. The van der Waals surface area contributed by atoms with Crippen LogP contribution in [0.4, 0.5) is 22.0 Å². The Morgan fingerprint density at radius 1 is 1.00 bits per heavy atom. The topological polar surface area (TPSA) is 75.2 Å². The Hall–Kier alpha value is -3.43. The van der Waals surface area contributed by atoms with Crippen LogP contribution in [0.1, 0.15) is 10.5 Å². The predicted octanol–water partition coefficient (Wildman–Crippen LogP) is 5.02. The number of nitrogens with zero attached hydrogens (tertiary/aromatic N) is 1. The van der Waals surface area contributed by atoms with E-state index in [1.165, 1.54) is 24.3 Å². The Kier molecular flexibility index (Phi) is 5.27. The molecule has 3 rings (SSSR count). The quantitative estimate of drug-likeness (QED) is 0.558. The van der Waals surface area contributed by atoms with E-state index < -0.39 is 24.7 Å². The van der Waals surface area contributed by atoms with Crippen molar-refractivity contribution in [2.45, 2.75) is 12.1 Å². The summed E-state index contributed by atoms with van der Waals surface area (Å²) < 4.78 is 68.3. The van der Waals surface area contributed by atoms with Gasteiger partial charge in [-0.1, -0.05) is 36.4 Å². The highest BCUT2D eigenvalue weighted by molar-refractivity contribution is 5.87. The summed E-state index contributed by atoms with van der Waals surface area (Å²) in [6.07, 6.45) is -5.72. The van der Waals surface area contributed by atoms with Gasteiger partial charge >= 0.3 is 18.1 Å². The van der Waals surface area contributed by atoms with Crippen molar-refractivity contribution in [2.24, 2.45) is 0 Å². The first kappa shape index (κ1) is 20.3. The molecular formula is C19H13F5N2O3. The van der Waals surface area contributed by atoms with E-state index in [1.54, 1.807) is 30.3 Å². The molecule has 0 saturated heterocycles. The molecule has 0 atom stereocenters. The summed E-state index contributed by atoms with van der Waals surface area (Å²) in [6, 6.07) is 13.6. The Morgan fingerprint density at radius 3 is 2.34 bits per heavy atom. The van der Waals surface area contributed by atoms with Crippen molar-refractivity contribution in [1.29, 1.82) is 0 Å². The molecule has 0 aliphatic carbocycles. The van der Waals surface area contributed by atoms with E-state index in [4.69, 9.17) is 9.84 Å². The number of H-pyrrole nitrogens is 1. The molecule has 0 unspecified atom stereocenters. The standard InChI is InChI=1S/C19H13F5N2O3/c20-18(21,19(22,23)24)10-29-16-7-2-1-6-13(16)11-4-3-5-12(8-11)14-9-15(17(27)28)26-25-14/h1-9H,10H2,(H,25,26)(H,27,28). The number of carbonyl (C=O) groups is 1. The van der Waals surface area contributed by atoms with Crippen LogP contribution in [0, 0.1) is 0 Å². The summed E-state index contributed by atoms with van der Waals surface area (Å²) in [7, 11) is 0. The lowest BCUT2D eigenvalue weighted by molar-refractivity contribution is -0.289. The van der Waals surface area contributed by atoms with Gasteiger partial charge in [-0.2, -0.15) is 27.1 Å². The van der Waals surface area contributed by atoms with Gasteiger partial charge in [0.05, 0.1) is 5.69 Å². The second kappa shape index (κ2) is 7.53. The number of alkyl halides is 5.